The molecule has 0 bridgehead atoms. The number of hydrogen-bond acceptors (Lipinski definition) is 3. The predicted molar refractivity (Wildman–Crippen MR) is 87.7 cm³/mol. The fourth-order valence-corrected chi connectivity index (χ4v) is 3.44. The first-order valence-corrected chi connectivity index (χ1v) is 8.35. The predicted octanol–water partition coefficient (Wildman–Crippen LogP) is 4.45. The number of halogens is 1. The van der Waals surface area contributed by atoms with Crippen molar-refractivity contribution in [3.8, 4) is 0 Å². The van der Waals surface area contributed by atoms with Gasteiger partial charge in [-0.3, -0.25) is 0 Å². The second-order valence-electron chi connectivity index (χ2n) is 4.78. The van der Waals surface area contributed by atoms with E-state index in [4.69, 9.17) is 16.6 Å². The molecule has 0 spiro atoms. The van der Waals surface area contributed by atoms with Crippen molar-refractivity contribution in [2.45, 2.75) is 39.7 Å². The molecule has 0 saturated heterocycles. The summed E-state index contributed by atoms with van der Waals surface area (Å²) in [5.41, 5.74) is 2.40. The molecule has 108 valence electrons. The summed E-state index contributed by atoms with van der Waals surface area (Å²) in [6.45, 7) is 6.24. The molecule has 0 aliphatic carbocycles. The maximum atomic E-state index is 6.23. The average molecular weight is 309 g/mol. The SMILES string of the molecule is CCCc1nc(Cc2ccccc2Cl)sc1CNCC. The Morgan fingerprint density at radius 1 is 1.25 bits per heavy atom. The van der Waals surface area contributed by atoms with Crippen molar-refractivity contribution >= 4 is 22.9 Å². The summed E-state index contributed by atoms with van der Waals surface area (Å²) in [6, 6.07) is 8.01. The van der Waals surface area contributed by atoms with E-state index in [1.54, 1.807) is 0 Å². The number of aryl methyl sites for hydroxylation is 1. The van der Waals surface area contributed by atoms with Crippen LogP contribution < -0.4 is 5.32 Å². The summed E-state index contributed by atoms with van der Waals surface area (Å²) < 4.78 is 0. The standard InChI is InChI=1S/C16H21ClN2S/c1-3-7-14-15(11-18-4-2)20-16(19-14)10-12-8-5-6-9-13(12)17/h5-6,8-9,18H,3-4,7,10-11H2,1-2H3. The Labute approximate surface area is 130 Å². The normalized spacial score (nSPS) is 10.9. The van der Waals surface area contributed by atoms with Crippen LogP contribution >= 0.6 is 22.9 Å². The van der Waals surface area contributed by atoms with Crippen molar-refractivity contribution < 1.29 is 0 Å². The molecule has 0 fully saturated rings. The zero-order valence-corrected chi connectivity index (χ0v) is 13.7. The quantitative estimate of drug-likeness (QED) is 0.817. The maximum absolute atomic E-state index is 6.23. The first-order valence-electron chi connectivity index (χ1n) is 7.16. The minimum Gasteiger partial charge on any atom is -0.312 e. The number of nitrogens with one attached hydrogen (secondary N) is 1. The summed E-state index contributed by atoms with van der Waals surface area (Å²) in [5, 5.41) is 5.38. The second kappa shape index (κ2) is 7.77. The lowest BCUT2D eigenvalue weighted by Gasteiger charge is -2.00. The first-order chi connectivity index (χ1) is 9.74. The summed E-state index contributed by atoms with van der Waals surface area (Å²) in [7, 11) is 0. The molecule has 0 atom stereocenters. The molecule has 20 heavy (non-hydrogen) atoms. The Kier molecular flexibility index (Phi) is 6.02. The third-order valence-electron chi connectivity index (χ3n) is 3.14. The van der Waals surface area contributed by atoms with E-state index in [9.17, 15) is 0 Å². The number of rotatable bonds is 7. The van der Waals surface area contributed by atoms with Crippen molar-refractivity contribution in [2.75, 3.05) is 6.54 Å². The first kappa shape index (κ1) is 15.5. The highest BCUT2D eigenvalue weighted by atomic mass is 35.5. The fraction of sp³-hybridized carbons (Fsp3) is 0.438. The van der Waals surface area contributed by atoms with Gasteiger partial charge in [0.1, 0.15) is 0 Å². The highest BCUT2D eigenvalue weighted by Crippen LogP contribution is 2.25. The minimum absolute atomic E-state index is 0.827. The van der Waals surface area contributed by atoms with Crippen molar-refractivity contribution in [1.82, 2.24) is 10.3 Å². The van der Waals surface area contributed by atoms with Crippen LogP contribution in [0.4, 0.5) is 0 Å². The van der Waals surface area contributed by atoms with Crippen LogP contribution in [0.5, 0.6) is 0 Å². The lowest BCUT2D eigenvalue weighted by molar-refractivity contribution is 0.723. The van der Waals surface area contributed by atoms with Crippen LogP contribution in [0.3, 0.4) is 0 Å². The van der Waals surface area contributed by atoms with Gasteiger partial charge in [0.05, 0.1) is 10.7 Å². The van der Waals surface area contributed by atoms with Crippen LogP contribution in [-0.2, 0) is 19.4 Å². The molecular formula is C16H21ClN2S. The van der Waals surface area contributed by atoms with E-state index in [2.05, 4.69) is 25.2 Å². The van der Waals surface area contributed by atoms with Gasteiger partial charge in [0, 0.05) is 22.9 Å². The summed E-state index contributed by atoms with van der Waals surface area (Å²) in [6.07, 6.45) is 3.02. The largest absolute Gasteiger partial charge is 0.312 e. The maximum Gasteiger partial charge on any atom is 0.0975 e. The number of benzene rings is 1. The van der Waals surface area contributed by atoms with Gasteiger partial charge in [-0.05, 0) is 24.6 Å². The van der Waals surface area contributed by atoms with Crippen molar-refractivity contribution in [3.05, 3.63) is 50.4 Å². The summed E-state index contributed by atoms with van der Waals surface area (Å²) in [4.78, 5) is 6.18. The lowest BCUT2D eigenvalue weighted by atomic mass is 10.1. The number of nitrogens with zero attached hydrogens (tertiary/aromatic N) is 1. The van der Waals surface area contributed by atoms with Crippen LogP contribution in [0.15, 0.2) is 24.3 Å². The molecule has 0 saturated carbocycles. The molecule has 0 aliphatic heterocycles. The van der Waals surface area contributed by atoms with Crippen LogP contribution in [0, 0.1) is 0 Å². The molecular weight excluding hydrogens is 288 g/mol. The van der Waals surface area contributed by atoms with E-state index in [1.165, 1.54) is 10.6 Å². The van der Waals surface area contributed by atoms with Crippen LogP contribution in [0.2, 0.25) is 5.02 Å². The van der Waals surface area contributed by atoms with E-state index in [-0.39, 0.29) is 0 Å². The Bertz CT molecular complexity index is 551. The van der Waals surface area contributed by atoms with Gasteiger partial charge in [-0.25, -0.2) is 4.98 Å². The zero-order chi connectivity index (χ0) is 14.4. The molecule has 0 aliphatic rings. The van der Waals surface area contributed by atoms with E-state index >= 15 is 0 Å². The summed E-state index contributed by atoms with van der Waals surface area (Å²) in [5.74, 6) is 0. The lowest BCUT2D eigenvalue weighted by Crippen LogP contribution is -2.11. The molecule has 2 rings (SSSR count). The zero-order valence-electron chi connectivity index (χ0n) is 12.1. The van der Waals surface area contributed by atoms with Crippen LogP contribution in [-0.4, -0.2) is 11.5 Å². The van der Waals surface area contributed by atoms with Gasteiger partial charge < -0.3 is 5.32 Å². The molecule has 0 radical (unpaired) electrons. The number of thiazole rings is 1. The number of hydrogen-bond donors (Lipinski definition) is 1. The monoisotopic (exact) mass is 308 g/mol. The Hall–Kier alpha value is -0.900. The van der Waals surface area contributed by atoms with Gasteiger partial charge in [-0.2, -0.15) is 0 Å². The second-order valence-corrected chi connectivity index (χ2v) is 6.35. The molecule has 1 aromatic heterocycles. The topological polar surface area (TPSA) is 24.9 Å². The summed E-state index contributed by atoms with van der Waals surface area (Å²) >= 11 is 8.04. The van der Waals surface area contributed by atoms with Crippen molar-refractivity contribution in [3.63, 3.8) is 0 Å². The van der Waals surface area contributed by atoms with Crippen molar-refractivity contribution in [2.24, 2.45) is 0 Å². The fourth-order valence-electron chi connectivity index (χ4n) is 2.13. The Balaban J connectivity index is 2.17. The van der Waals surface area contributed by atoms with Gasteiger partial charge in [0.2, 0.25) is 0 Å². The molecule has 1 aromatic carbocycles. The number of aromatic nitrogens is 1. The molecule has 2 nitrogen and oxygen atoms in total. The third kappa shape index (κ3) is 4.05. The molecule has 0 unspecified atom stereocenters. The van der Waals surface area contributed by atoms with Crippen LogP contribution in [0.25, 0.3) is 0 Å². The minimum atomic E-state index is 0.827. The molecule has 1 heterocycles. The highest BCUT2D eigenvalue weighted by molar-refractivity contribution is 7.11. The van der Waals surface area contributed by atoms with E-state index < -0.39 is 0 Å². The average Bonchev–Trinajstić information content (AvgIpc) is 2.81. The van der Waals surface area contributed by atoms with Gasteiger partial charge in [-0.15, -0.1) is 11.3 Å². The Morgan fingerprint density at radius 2 is 2.05 bits per heavy atom. The molecule has 2 aromatic rings. The van der Waals surface area contributed by atoms with Gasteiger partial charge in [0.15, 0.2) is 0 Å². The molecule has 0 amide bonds. The Morgan fingerprint density at radius 3 is 2.75 bits per heavy atom. The van der Waals surface area contributed by atoms with Crippen molar-refractivity contribution in [1.29, 1.82) is 0 Å². The van der Waals surface area contributed by atoms with Crippen LogP contribution in [0.1, 0.15) is 41.4 Å². The smallest absolute Gasteiger partial charge is 0.0975 e. The molecule has 1 N–H and O–H groups in total. The highest BCUT2D eigenvalue weighted by Gasteiger charge is 2.11. The van der Waals surface area contributed by atoms with E-state index in [0.717, 1.165) is 47.9 Å². The van der Waals surface area contributed by atoms with Gasteiger partial charge in [-0.1, -0.05) is 50.1 Å². The third-order valence-corrected chi connectivity index (χ3v) is 4.61. The van der Waals surface area contributed by atoms with E-state index in [1.807, 2.05) is 29.5 Å². The van der Waals surface area contributed by atoms with Gasteiger partial charge in [0.25, 0.3) is 0 Å². The van der Waals surface area contributed by atoms with Gasteiger partial charge >= 0.3 is 0 Å². The molecule has 4 heteroatoms. The van der Waals surface area contributed by atoms with E-state index in [0.29, 0.717) is 0 Å².